The number of anilines is 1. The molecule has 0 spiro atoms. The lowest BCUT2D eigenvalue weighted by atomic mass is 10.1. The minimum absolute atomic E-state index is 0.343. The lowest BCUT2D eigenvalue weighted by Crippen LogP contribution is -2.26. The molecule has 16 heavy (non-hydrogen) atoms. The summed E-state index contributed by atoms with van der Waals surface area (Å²) in [6, 6.07) is 3.82. The summed E-state index contributed by atoms with van der Waals surface area (Å²) in [7, 11) is 1.62. The van der Waals surface area contributed by atoms with Crippen LogP contribution in [0.2, 0.25) is 0 Å². The van der Waals surface area contributed by atoms with Crippen molar-refractivity contribution < 1.29 is 9.47 Å². The number of rotatable bonds is 4. The molecule has 1 aromatic rings. The fraction of sp³-hybridized carbons (Fsp3) is 0.583. The molecule has 2 heterocycles. The molecule has 1 aliphatic rings. The van der Waals surface area contributed by atoms with Gasteiger partial charge in [-0.2, -0.15) is 0 Å². The highest BCUT2D eigenvalue weighted by atomic mass is 16.5. The second-order valence-corrected chi connectivity index (χ2v) is 3.96. The van der Waals surface area contributed by atoms with E-state index < -0.39 is 0 Å². The maximum absolute atomic E-state index is 5.64. The SMILES string of the molecule is COc1ccc(NCC2CCCCO2)cn1. The van der Waals surface area contributed by atoms with Crippen molar-refractivity contribution in [3.63, 3.8) is 0 Å². The van der Waals surface area contributed by atoms with Crippen LogP contribution in [-0.4, -0.2) is 31.3 Å². The molecule has 2 rings (SSSR count). The zero-order chi connectivity index (χ0) is 11.2. The van der Waals surface area contributed by atoms with Crippen LogP contribution < -0.4 is 10.1 Å². The normalized spacial score (nSPS) is 20.4. The average Bonchev–Trinajstić information content (AvgIpc) is 2.38. The summed E-state index contributed by atoms with van der Waals surface area (Å²) in [6.07, 6.45) is 5.74. The van der Waals surface area contributed by atoms with Gasteiger partial charge in [0.05, 0.1) is 25.1 Å². The van der Waals surface area contributed by atoms with Crippen molar-refractivity contribution in [2.24, 2.45) is 0 Å². The summed E-state index contributed by atoms with van der Waals surface area (Å²) in [5.74, 6) is 0.638. The van der Waals surface area contributed by atoms with Crippen LogP contribution in [0.3, 0.4) is 0 Å². The standard InChI is InChI=1S/C12H18N2O2/c1-15-12-6-5-10(8-14-12)13-9-11-4-2-3-7-16-11/h5-6,8,11,13H,2-4,7,9H2,1H3. The van der Waals surface area contributed by atoms with Gasteiger partial charge >= 0.3 is 0 Å². The van der Waals surface area contributed by atoms with Gasteiger partial charge < -0.3 is 14.8 Å². The number of hydrogen-bond donors (Lipinski definition) is 1. The zero-order valence-corrected chi connectivity index (χ0v) is 9.61. The Morgan fingerprint density at radius 3 is 3.06 bits per heavy atom. The van der Waals surface area contributed by atoms with Gasteiger partial charge in [-0.15, -0.1) is 0 Å². The number of hydrogen-bond acceptors (Lipinski definition) is 4. The molecule has 0 aliphatic carbocycles. The third-order valence-electron chi connectivity index (χ3n) is 2.75. The van der Waals surface area contributed by atoms with Crippen molar-refractivity contribution >= 4 is 5.69 Å². The summed E-state index contributed by atoms with van der Waals surface area (Å²) < 4.78 is 10.6. The molecule has 0 amide bonds. The first-order valence-electron chi connectivity index (χ1n) is 5.74. The van der Waals surface area contributed by atoms with Gasteiger partial charge in [-0.1, -0.05) is 0 Å². The first kappa shape index (κ1) is 11.2. The van der Waals surface area contributed by atoms with E-state index >= 15 is 0 Å². The van der Waals surface area contributed by atoms with Gasteiger partial charge in [0.1, 0.15) is 0 Å². The molecule has 1 atom stereocenters. The molecule has 1 fully saturated rings. The van der Waals surface area contributed by atoms with E-state index in [1.165, 1.54) is 12.8 Å². The Morgan fingerprint density at radius 2 is 2.44 bits per heavy atom. The lowest BCUT2D eigenvalue weighted by Gasteiger charge is -2.23. The number of pyridine rings is 1. The minimum Gasteiger partial charge on any atom is -0.481 e. The van der Waals surface area contributed by atoms with Gasteiger partial charge in [-0.05, 0) is 25.3 Å². The average molecular weight is 222 g/mol. The summed E-state index contributed by atoms with van der Waals surface area (Å²) in [5, 5.41) is 3.32. The monoisotopic (exact) mass is 222 g/mol. The Morgan fingerprint density at radius 1 is 1.50 bits per heavy atom. The van der Waals surface area contributed by atoms with Gasteiger partial charge in [0.15, 0.2) is 0 Å². The Balaban J connectivity index is 1.79. The fourth-order valence-electron chi connectivity index (χ4n) is 1.81. The molecule has 1 aliphatic heterocycles. The molecule has 0 bridgehead atoms. The molecule has 88 valence electrons. The van der Waals surface area contributed by atoms with E-state index in [4.69, 9.17) is 9.47 Å². The van der Waals surface area contributed by atoms with Crippen molar-refractivity contribution in [3.8, 4) is 5.88 Å². The van der Waals surface area contributed by atoms with E-state index in [-0.39, 0.29) is 0 Å². The van der Waals surface area contributed by atoms with Gasteiger partial charge in [-0.3, -0.25) is 0 Å². The quantitative estimate of drug-likeness (QED) is 0.847. The predicted molar refractivity (Wildman–Crippen MR) is 62.9 cm³/mol. The van der Waals surface area contributed by atoms with Crippen molar-refractivity contribution in [2.45, 2.75) is 25.4 Å². The second kappa shape index (κ2) is 5.70. The maximum Gasteiger partial charge on any atom is 0.213 e. The molecule has 1 N–H and O–H groups in total. The smallest absolute Gasteiger partial charge is 0.213 e. The van der Waals surface area contributed by atoms with Crippen molar-refractivity contribution in [1.29, 1.82) is 0 Å². The van der Waals surface area contributed by atoms with E-state index in [1.807, 2.05) is 12.1 Å². The Kier molecular flexibility index (Phi) is 3.99. The van der Waals surface area contributed by atoms with Crippen LogP contribution in [0.1, 0.15) is 19.3 Å². The highest BCUT2D eigenvalue weighted by molar-refractivity contribution is 5.42. The largest absolute Gasteiger partial charge is 0.481 e. The van der Waals surface area contributed by atoms with E-state index in [9.17, 15) is 0 Å². The van der Waals surface area contributed by atoms with Gasteiger partial charge in [-0.25, -0.2) is 4.98 Å². The molecule has 1 unspecified atom stereocenters. The highest BCUT2D eigenvalue weighted by Gasteiger charge is 2.13. The van der Waals surface area contributed by atoms with Crippen molar-refractivity contribution in [1.82, 2.24) is 4.98 Å². The molecule has 4 nitrogen and oxygen atoms in total. The number of nitrogens with zero attached hydrogens (tertiary/aromatic N) is 1. The zero-order valence-electron chi connectivity index (χ0n) is 9.61. The van der Waals surface area contributed by atoms with Crippen LogP contribution in [0.4, 0.5) is 5.69 Å². The summed E-state index contributed by atoms with van der Waals surface area (Å²) in [6.45, 7) is 1.75. The molecule has 4 heteroatoms. The molecule has 0 saturated carbocycles. The third kappa shape index (κ3) is 3.10. The fourth-order valence-corrected chi connectivity index (χ4v) is 1.81. The van der Waals surface area contributed by atoms with Gasteiger partial charge in [0.2, 0.25) is 5.88 Å². The predicted octanol–water partition coefficient (Wildman–Crippen LogP) is 2.07. The van der Waals surface area contributed by atoms with Gasteiger partial charge in [0, 0.05) is 19.2 Å². The number of ether oxygens (including phenoxy) is 2. The van der Waals surface area contributed by atoms with Crippen molar-refractivity contribution in [2.75, 3.05) is 25.6 Å². The van der Waals surface area contributed by atoms with Crippen LogP contribution in [0, 0.1) is 0 Å². The van der Waals surface area contributed by atoms with E-state index in [0.717, 1.165) is 25.3 Å². The van der Waals surface area contributed by atoms with Crippen LogP contribution in [0.25, 0.3) is 0 Å². The van der Waals surface area contributed by atoms with E-state index in [2.05, 4.69) is 10.3 Å². The third-order valence-corrected chi connectivity index (χ3v) is 2.75. The maximum atomic E-state index is 5.64. The number of methoxy groups -OCH3 is 1. The molecule has 0 radical (unpaired) electrons. The number of aromatic nitrogens is 1. The Hall–Kier alpha value is -1.29. The Bertz CT molecular complexity index is 307. The highest BCUT2D eigenvalue weighted by Crippen LogP contribution is 2.15. The number of nitrogens with one attached hydrogen (secondary N) is 1. The first-order valence-corrected chi connectivity index (χ1v) is 5.74. The molecule has 1 aromatic heterocycles. The summed E-state index contributed by atoms with van der Waals surface area (Å²) in [4.78, 5) is 4.14. The second-order valence-electron chi connectivity index (χ2n) is 3.96. The minimum atomic E-state index is 0.343. The van der Waals surface area contributed by atoms with Crippen LogP contribution >= 0.6 is 0 Å². The summed E-state index contributed by atoms with van der Waals surface area (Å²) in [5.41, 5.74) is 1.01. The van der Waals surface area contributed by atoms with Crippen LogP contribution in [-0.2, 0) is 4.74 Å². The van der Waals surface area contributed by atoms with E-state index in [1.54, 1.807) is 13.3 Å². The van der Waals surface area contributed by atoms with Crippen molar-refractivity contribution in [3.05, 3.63) is 18.3 Å². The topological polar surface area (TPSA) is 43.4 Å². The van der Waals surface area contributed by atoms with Crippen LogP contribution in [0.5, 0.6) is 5.88 Å². The Labute approximate surface area is 96.0 Å². The molecule has 1 saturated heterocycles. The molecular formula is C12H18N2O2. The molecular weight excluding hydrogens is 204 g/mol. The summed E-state index contributed by atoms with van der Waals surface area (Å²) >= 11 is 0. The first-order chi connectivity index (χ1) is 7.88. The molecule has 0 aromatic carbocycles. The van der Waals surface area contributed by atoms with Gasteiger partial charge in [0.25, 0.3) is 0 Å². The lowest BCUT2D eigenvalue weighted by molar-refractivity contribution is 0.0247. The van der Waals surface area contributed by atoms with E-state index in [0.29, 0.717) is 12.0 Å². The van der Waals surface area contributed by atoms with Crippen LogP contribution in [0.15, 0.2) is 18.3 Å².